The molecule has 0 unspecified atom stereocenters. The molecule has 0 amide bonds. The maximum absolute atomic E-state index is 12.4. The summed E-state index contributed by atoms with van der Waals surface area (Å²) >= 11 is 0. The number of hydrogen-bond donors (Lipinski definition) is 3. The zero-order chi connectivity index (χ0) is 21.2. The quantitative estimate of drug-likeness (QED) is 0.392. The first-order valence-electron chi connectivity index (χ1n) is 9.70. The van der Waals surface area contributed by atoms with E-state index in [2.05, 4.69) is 20.3 Å². The number of nitrogens with zero attached hydrogens (tertiary/aromatic N) is 2. The van der Waals surface area contributed by atoms with E-state index in [1.54, 1.807) is 18.2 Å². The Morgan fingerprint density at radius 2 is 1.87 bits per heavy atom. The molecule has 0 bridgehead atoms. The smallest absolute Gasteiger partial charge is 0.267 e. The molecule has 31 heavy (non-hydrogen) atoms. The summed E-state index contributed by atoms with van der Waals surface area (Å²) < 4.78 is 5.38. The maximum atomic E-state index is 12.4. The Morgan fingerprint density at radius 3 is 2.61 bits per heavy atom. The molecule has 2 aromatic carbocycles. The molecule has 7 nitrogen and oxygen atoms in total. The number of fused-ring (bicyclic) bond motifs is 1. The van der Waals surface area contributed by atoms with Gasteiger partial charge in [-0.05, 0) is 48.0 Å². The van der Waals surface area contributed by atoms with Gasteiger partial charge in [0.15, 0.2) is 0 Å². The predicted molar refractivity (Wildman–Crippen MR) is 118 cm³/mol. The minimum atomic E-state index is -0.446. The van der Waals surface area contributed by atoms with Crippen LogP contribution in [0.5, 0.6) is 0 Å². The number of imidazole rings is 1. The zero-order valence-electron chi connectivity index (χ0n) is 16.3. The monoisotopic (exact) mass is 407 g/mol. The molecular formula is C24H17N5O2. The number of furan rings is 1. The highest BCUT2D eigenvalue weighted by Gasteiger charge is 2.13. The highest BCUT2D eigenvalue weighted by Crippen LogP contribution is 2.27. The summed E-state index contributed by atoms with van der Waals surface area (Å²) in [6.45, 7) is 0.547. The van der Waals surface area contributed by atoms with Gasteiger partial charge in [0, 0.05) is 11.3 Å². The molecule has 5 aromatic rings. The topological polar surface area (TPSA) is 110 Å². The van der Waals surface area contributed by atoms with Crippen LogP contribution in [-0.4, -0.2) is 15.0 Å². The molecule has 0 aliphatic heterocycles. The second-order valence-corrected chi connectivity index (χ2v) is 7.02. The lowest BCUT2D eigenvalue weighted by Gasteiger charge is -2.09. The van der Waals surface area contributed by atoms with Crippen LogP contribution in [0.3, 0.4) is 0 Å². The molecule has 0 aliphatic rings. The molecular weight excluding hydrogens is 390 g/mol. The van der Waals surface area contributed by atoms with Gasteiger partial charge in [0.2, 0.25) is 0 Å². The highest BCUT2D eigenvalue weighted by atomic mass is 16.3. The van der Waals surface area contributed by atoms with Crippen LogP contribution in [0.4, 0.5) is 5.69 Å². The van der Waals surface area contributed by atoms with Crippen LogP contribution in [0, 0.1) is 11.3 Å². The van der Waals surface area contributed by atoms with Gasteiger partial charge in [0.25, 0.3) is 5.56 Å². The minimum absolute atomic E-state index is 0.0679. The van der Waals surface area contributed by atoms with Crippen molar-refractivity contribution in [3.63, 3.8) is 0 Å². The summed E-state index contributed by atoms with van der Waals surface area (Å²) in [6.07, 6.45) is 1.54. The summed E-state index contributed by atoms with van der Waals surface area (Å²) in [4.78, 5) is 23.0. The second kappa shape index (κ2) is 7.69. The molecule has 3 N–H and O–H groups in total. The third-order valence-electron chi connectivity index (χ3n) is 5.03. The lowest BCUT2D eigenvalue weighted by Crippen LogP contribution is -2.12. The third kappa shape index (κ3) is 3.58. The number of aromatic amines is 2. The van der Waals surface area contributed by atoms with Crippen molar-refractivity contribution in [2.75, 3.05) is 5.32 Å². The van der Waals surface area contributed by atoms with Crippen molar-refractivity contribution < 1.29 is 4.42 Å². The molecule has 0 saturated heterocycles. The number of para-hydroxylation sites is 2. The van der Waals surface area contributed by atoms with Gasteiger partial charge in [-0.1, -0.05) is 24.3 Å². The van der Waals surface area contributed by atoms with E-state index in [0.29, 0.717) is 23.6 Å². The summed E-state index contributed by atoms with van der Waals surface area (Å²) in [5.74, 6) is 1.38. The normalized spacial score (nSPS) is 10.8. The van der Waals surface area contributed by atoms with Crippen LogP contribution in [0.25, 0.3) is 33.6 Å². The summed E-state index contributed by atoms with van der Waals surface area (Å²) in [5.41, 5.74) is 4.30. The Morgan fingerprint density at radius 1 is 1.03 bits per heavy atom. The van der Waals surface area contributed by atoms with Crippen molar-refractivity contribution in [1.82, 2.24) is 15.0 Å². The number of pyridine rings is 1. The average Bonchev–Trinajstić information content (AvgIpc) is 3.47. The third-order valence-corrected chi connectivity index (χ3v) is 5.03. The lowest BCUT2D eigenvalue weighted by atomic mass is 10.00. The van der Waals surface area contributed by atoms with Crippen LogP contribution in [0.2, 0.25) is 0 Å². The van der Waals surface area contributed by atoms with E-state index in [4.69, 9.17) is 4.42 Å². The fourth-order valence-corrected chi connectivity index (χ4v) is 3.51. The number of rotatable bonds is 5. The van der Waals surface area contributed by atoms with Crippen molar-refractivity contribution in [1.29, 1.82) is 5.26 Å². The molecule has 7 heteroatoms. The van der Waals surface area contributed by atoms with Crippen molar-refractivity contribution in [2.45, 2.75) is 6.54 Å². The number of nitriles is 1. The molecule has 150 valence electrons. The Balaban J connectivity index is 1.40. The Kier molecular flexibility index (Phi) is 4.58. The van der Waals surface area contributed by atoms with E-state index < -0.39 is 5.56 Å². The van der Waals surface area contributed by atoms with Crippen molar-refractivity contribution >= 4 is 16.7 Å². The molecule has 5 rings (SSSR count). The number of aromatic nitrogens is 3. The van der Waals surface area contributed by atoms with Crippen LogP contribution < -0.4 is 10.9 Å². The predicted octanol–water partition coefficient (Wildman–Crippen LogP) is 4.66. The SMILES string of the molecule is N#Cc1c(-c2ccc(NCc3nc4ccccc4[nH]3)cc2)cc(-c2ccco2)[nH]c1=O. The minimum Gasteiger partial charge on any atom is -0.463 e. The molecule has 0 spiro atoms. The van der Waals surface area contributed by atoms with Crippen LogP contribution in [0.1, 0.15) is 11.4 Å². The van der Waals surface area contributed by atoms with Gasteiger partial charge in [-0.3, -0.25) is 4.79 Å². The van der Waals surface area contributed by atoms with Gasteiger partial charge >= 0.3 is 0 Å². The Bertz CT molecular complexity index is 1420. The number of hydrogen-bond acceptors (Lipinski definition) is 5. The van der Waals surface area contributed by atoms with Crippen molar-refractivity contribution in [3.8, 4) is 28.7 Å². The van der Waals surface area contributed by atoms with Crippen LogP contribution >= 0.6 is 0 Å². The van der Waals surface area contributed by atoms with Gasteiger partial charge in [0.05, 0.1) is 29.5 Å². The number of benzene rings is 2. The Hall–Kier alpha value is -4.57. The molecule has 0 saturated carbocycles. The van der Waals surface area contributed by atoms with E-state index >= 15 is 0 Å². The van der Waals surface area contributed by atoms with Gasteiger partial charge in [-0.2, -0.15) is 5.26 Å². The number of H-pyrrole nitrogens is 2. The maximum Gasteiger partial charge on any atom is 0.267 e. The van der Waals surface area contributed by atoms with E-state index in [1.807, 2.05) is 54.6 Å². The first-order chi connectivity index (χ1) is 15.2. The Labute approximate surface area is 177 Å². The lowest BCUT2D eigenvalue weighted by molar-refractivity contribution is 0.580. The van der Waals surface area contributed by atoms with Gasteiger partial charge in [-0.15, -0.1) is 0 Å². The largest absolute Gasteiger partial charge is 0.463 e. The average molecular weight is 407 g/mol. The van der Waals surface area contributed by atoms with E-state index in [-0.39, 0.29) is 5.56 Å². The van der Waals surface area contributed by atoms with Gasteiger partial charge in [0.1, 0.15) is 23.2 Å². The number of anilines is 1. The first kappa shape index (κ1) is 18.5. The fourth-order valence-electron chi connectivity index (χ4n) is 3.51. The summed E-state index contributed by atoms with van der Waals surface area (Å²) in [6, 6.07) is 22.7. The zero-order valence-corrected chi connectivity index (χ0v) is 16.3. The molecule has 0 atom stereocenters. The highest BCUT2D eigenvalue weighted by molar-refractivity contribution is 5.76. The summed E-state index contributed by atoms with van der Waals surface area (Å²) in [5, 5.41) is 12.8. The second-order valence-electron chi connectivity index (χ2n) is 7.02. The summed E-state index contributed by atoms with van der Waals surface area (Å²) in [7, 11) is 0. The fraction of sp³-hybridized carbons (Fsp3) is 0.0417. The molecule has 0 aliphatic carbocycles. The van der Waals surface area contributed by atoms with E-state index in [0.717, 1.165) is 28.1 Å². The van der Waals surface area contributed by atoms with E-state index in [9.17, 15) is 10.1 Å². The van der Waals surface area contributed by atoms with Crippen LogP contribution in [0.15, 0.2) is 82.2 Å². The van der Waals surface area contributed by atoms with Gasteiger partial charge < -0.3 is 19.7 Å². The molecule has 3 aromatic heterocycles. The van der Waals surface area contributed by atoms with Crippen molar-refractivity contribution in [3.05, 3.63) is 94.7 Å². The number of nitrogens with one attached hydrogen (secondary N) is 3. The standard InChI is InChI=1S/C24H17N5O2/c25-13-18-17(12-21(29-24(18)30)22-6-3-11-31-22)15-7-9-16(10-8-15)26-14-23-27-19-4-1-2-5-20(19)28-23/h1-12,26H,14H2,(H,27,28)(H,29,30). The molecule has 0 radical (unpaired) electrons. The molecule has 0 fully saturated rings. The molecule has 3 heterocycles. The first-order valence-corrected chi connectivity index (χ1v) is 9.70. The van der Waals surface area contributed by atoms with Gasteiger partial charge in [-0.25, -0.2) is 4.98 Å². The van der Waals surface area contributed by atoms with Crippen LogP contribution in [-0.2, 0) is 6.54 Å². The van der Waals surface area contributed by atoms with E-state index in [1.165, 1.54) is 6.26 Å². The van der Waals surface area contributed by atoms with Crippen molar-refractivity contribution in [2.24, 2.45) is 0 Å².